The van der Waals surface area contributed by atoms with Crippen LogP contribution in [0.25, 0.3) is 5.57 Å². The van der Waals surface area contributed by atoms with E-state index in [9.17, 15) is 4.79 Å². The number of rotatable bonds is 6. The van der Waals surface area contributed by atoms with Gasteiger partial charge in [-0.3, -0.25) is 4.79 Å². The number of carbonyl (C=O) groups excluding carboxylic acids is 1. The first kappa shape index (κ1) is 21.0. The van der Waals surface area contributed by atoms with Crippen LogP contribution in [-0.4, -0.2) is 25.6 Å². The summed E-state index contributed by atoms with van der Waals surface area (Å²) in [6.07, 6.45) is 6.66. The minimum atomic E-state index is -0.192. The van der Waals surface area contributed by atoms with Crippen LogP contribution in [0.4, 0.5) is 11.4 Å². The number of hydrogen-bond donors (Lipinski definition) is 1. The maximum Gasteiger partial charge on any atom is 0.262 e. The SMILES string of the molecule is C=C1C=C(CC)c2ccc(OCC(=O)Nc3ccc(N4CCCCC4)cc3)c(C)c2O1. The van der Waals surface area contributed by atoms with Crippen molar-refractivity contribution in [3.05, 3.63) is 65.9 Å². The van der Waals surface area contributed by atoms with Crippen LogP contribution in [0.5, 0.6) is 11.5 Å². The number of nitrogens with one attached hydrogen (secondary N) is 1. The minimum Gasteiger partial charge on any atom is -0.483 e. The number of hydrogen-bond acceptors (Lipinski definition) is 4. The highest BCUT2D eigenvalue weighted by Gasteiger charge is 2.20. The summed E-state index contributed by atoms with van der Waals surface area (Å²) < 4.78 is 11.7. The van der Waals surface area contributed by atoms with Gasteiger partial charge in [0.15, 0.2) is 6.61 Å². The van der Waals surface area contributed by atoms with Crippen LogP contribution in [0.2, 0.25) is 0 Å². The molecule has 0 radical (unpaired) electrons. The van der Waals surface area contributed by atoms with E-state index in [4.69, 9.17) is 9.47 Å². The second-order valence-corrected chi connectivity index (χ2v) is 8.09. The summed E-state index contributed by atoms with van der Waals surface area (Å²) in [6.45, 7) is 10.1. The molecular weight excluding hydrogens is 388 g/mol. The van der Waals surface area contributed by atoms with Crippen LogP contribution in [0, 0.1) is 6.92 Å². The number of fused-ring (bicyclic) bond motifs is 1. The second kappa shape index (κ2) is 9.29. The van der Waals surface area contributed by atoms with Crippen molar-refractivity contribution in [2.45, 2.75) is 39.5 Å². The fourth-order valence-corrected chi connectivity index (χ4v) is 4.19. The molecule has 0 aliphatic carbocycles. The Kier molecular flexibility index (Phi) is 6.31. The average molecular weight is 419 g/mol. The molecule has 0 saturated carbocycles. The zero-order chi connectivity index (χ0) is 21.8. The van der Waals surface area contributed by atoms with Crippen LogP contribution in [-0.2, 0) is 4.79 Å². The van der Waals surface area contributed by atoms with Crippen molar-refractivity contribution in [2.75, 3.05) is 29.9 Å². The molecule has 1 amide bonds. The Morgan fingerprint density at radius 2 is 1.87 bits per heavy atom. The Morgan fingerprint density at radius 1 is 1.13 bits per heavy atom. The maximum absolute atomic E-state index is 12.4. The lowest BCUT2D eigenvalue weighted by atomic mass is 9.97. The molecule has 1 fully saturated rings. The first-order valence-corrected chi connectivity index (χ1v) is 11.0. The molecule has 4 rings (SSSR count). The average Bonchev–Trinajstić information content (AvgIpc) is 2.79. The fraction of sp³-hybridized carbons (Fsp3) is 0.346. The summed E-state index contributed by atoms with van der Waals surface area (Å²) in [6, 6.07) is 11.9. The minimum absolute atomic E-state index is 0.0646. The molecule has 2 aromatic rings. The van der Waals surface area contributed by atoms with Crippen LogP contribution in [0.3, 0.4) is 0 Å². The molecule has 2 heterocycles. The summed E-state index contributed by atoms with van der Waals surface area (Å²) in [5.74, 6) is 1.83. The molecule has 0 atom stereocenters. The number of allylic oxidation sites excluding steroid dienone is 2. The third-order valence-corrected chi connectivity index (χ3v) is 5.88. The highest BCUT2D eigenvalue weighted by molar-refractivity contribution is 5.92. The van der Waals surface area contributed by atoms with Gasteiger partial charge in [-0.25, -0.2) is 0 Å². The van der Waals surface area contributed by atoms with Crippen molar-refractivity contribution in [1.82, 2.24) is 0 Å². The molecule has 5 nitrogen and oxygen atoms in total. The van der Waals surface area contributed by atoms with Crippen molar-refractivity contribution in [3.63, 3.8) is 0 Å². The Hall–Kier alpha value is -3.21. The molecule has 0 spiro atoms. The van der Waals surface area contributed by atoms with Gasteiger partial charge in [0.25, 0.3) is 5.91 Å². The number of piperidine rings is 1. The normalized spacial score (nSPS) is 15.6. The van der Waals surface area contributed by atoms with Crippen LogP contribution in [0.15, 0.2) is 54.8 Å². The number of carbonyl (C=O) groups is 1. The van der Waals surface area contributed by atoms with E-state index in [1.54, 1.807) is 0 Å². The molecule has 0 unspecified atom stereocenters. The summed E-state index contributed by atoms with van der Waals surface area (Å²) in [5.41, 5.74) is 5.09. The van der Waals surface area contributed by atoms with Crippen molar-refractivity contribution >= 4 is 22.9 Å². The van der Waals surface area contributed by atoms with Gasteiger partial charge in [0.2, 0.25) is 0 Å². The predicted molar refractivity (Wildman–Crippen MR) is 126 cm³/mol. The molecule has 2 aliphatic heterocycles. The lowest BCUT2D eigenvalue weighted by Crippen LogP contribution is -2.29. The van der Waals surface area contributed by atoms with Crippen LogP contribution in [0.1, 0.15) is 43.7 Å². The molecule has 2 aromatic carbocycles. The van der Waals surface area contributed by atoms with E-state index >= 15 is 0 Å². The van der Waals surface area contributed by atoms with Gasteiger partial charge in [-0.15, -0.1) is 0 Å². The molecule has 31 heavy (non-hydrogen) atoms. The van der Waals surface area contributed by atoms with Gasteiger partial charge in [-0.2, -0.15) is 0 Å². The van der Waals surface area contributed by atoms with Crippen molar-refractivity contribution in [3.8, 4) is 11.5 Å². The molecule has 162 valence electrons. The zero-order valence-corrected chi connectivity index (χ0v) is 18.4. The van der Waals surface area contributed by atoms with Gasteiger partial charge in [-0.05, 0) is 80.7 Å². The third kappa shape index (κ3) is 4.76. The standard InChI is InChI=1S/C26H30N2O3/c1-4-20-16-18(2)31-26-19(3)24(13-12-23(20)26)30-17-25(29)27-21-8-10-22(11-9-21)28-14-6-5-7-15-28/h8-13,16H,2,4-7,14-15,17H2,1,3H3,(H,27,29). The Morgan fingerprint density at radius 3 is 2.58 bits per heavy atom. The lowest BCUT2D eigenvalue weighted by molar-refractivity contribution is -0.118. The second-order valence-electron chi connectivity index (χ2n) is 8.09. The number of amides is 1. The summed E-state index contributed by atoms with van der Waals surface area (Å²) in [5, 5.41) is 2.91. The molecule has 2 aliphatic rings. The lowest BCUT2D eigenvalue weighted by Gasteiger charge is -2.28. The smallest absolute Gasteiger partial charge is 0.262 e. The van der Waals surface area contributed by atoms with Gasteiger partial charge in [0.05, 0.1) is 0 Å². The Bertz CT molecular complexity index is 1000. The molecule has 0 bridgehead atoms. The van der Waals surface area contributed by atoms with Gasteiger partial charge in [0.1, 0.15) is 17.3 Å². The van der Waals surface area contributed by atoms with E-state index < -0.39 is 0 Å². The number of ether oxygens (including phenoxy) is 2. The fourth-order valence-electron chi connectivity index (χ4n) is 4.19. The van der Waals surface area contributed by atoms with E-state index in [0.29, 0.717) is 11.5 Å². The molecule has 1 saturated heterocycles. The summed E-state index contributed by atoms with van der Waals surface area (Å²) in [7, 11) is 0. The quantitative estimate of drug-likeness (QED) is 0.654. The Balaban J connectivity index is 1.36. The van der Waals surface area contributed by atoms with E-state index in [-0.39, 0.29) is 12.5 Å². The van der Waals surface area contributed by atoms with Gasteiger partial charge < -0.3 is 19.7 Å². The molecule has 5 heteroatoms. The zero-order valence-electron chi connectivity index (χ0n) is 18.4. The highest BCUT2D eigenvalue weighted by atomic mass is 16.5. The van der Waals surface area contributed by atoms with E-state index in [2.05, 4.69) is 35.9 Å². The first-order valence-electron chi connectivity index (χ1n) is 11.0. The third-order valence-electron chi connectivity index (χ3n) is 5.88. The summed E-state index contributed by atoms with van der Waals surface area (Å²) >= 11 is 0. The molecule has 0 aromatic heterocycles. The van der Waals surface area contributed by atoms with Crippen LogP contribution >= 0.6 is 0 Å². The number of nitrogens with zero attached hydrogens (tertiary/aromatic N) is 1. The van der Waals surface area contributed by atoms with Crippen molar-refractivity contribution in [1.29, 1.82) is 0 Å². The largest absolute Gasteiger partial charge is 0.483 e. The molecule has 1 N–H and O–H groups in total. The number of anilines is 2. The first-order chi connectivity index (χ1) is 15.0. The van der Waals surface area contributed by atoms with Crippen molar-refractivity contribution < 1.29 is 14.3 Å². The van der Waals surface area contributed by atoms with E-state index in [1.165, 1.54) is 30.5 Å². The van der Waals surface area contributed by atoms with E-state index in [1.807, 2.05) is 37.3 Å². The van der Waals surface area contributed by atoms with E-state index in [0.717, 1.165) is 42.1 Å². The topological polar surface area (TPSA) is 50.8 Å². The van der Waals surface area contributed by atoms with Gasteiger partial charge >= 0.3 is 0 Å². The van der Waals surface area contributed by atoms with Crippen molar-refractivity contribution in [2.24, 2.45) is 0 Å². The monoisotopic (exact) mass is 418 g/mol. The number of benzene rings is 2. The summed E-state index contributed by atoms with van der Waals surface area (Å²) in [4.78, 5) is 14.8. The Labute approximate surface area is 184 Å². The maximum atomic E-state index is 12.4. The van der Waals surface area contributed by atoms with Crippen LogP contribution < -0.4 is 19.7 Å². The van der Waals surface area contributed by atoms with Gasteiger partial charge in [-0.1, -0.05) is 13.5 Å². The predicted octanol–water partition coefficient (Wildman–Crippen LogP) is 5.70. The molecular formula is C26H30N2O3. The van der Waals surface area contributed by atoms with Gasteiger partial charge in [0, 0.05) is 35.6 Å². The highest BCUT2D eigenvalue weighted by Crippen LogP contribution is 2.40.